The van der Waals surface area contributed by atoms with Gasteiger partial charge in [0.05, 0.1) is 17.6 Å². The molecule has 92 valence electrons. The van der Waals surface area contributed by atoms with Crippen molar-refractivity contribution >= 4 is 33.5 Å². The highest BCUT2D eigenvalue weighted by Crippen LogP contribution is 2.30. The van der Waals surface area contributed by atoms with Crippen LogP contribution in [-0.2, 0) is 0 Å². The number of rotatable bonds is 3. The van der Waals surface area contributed by atoms with Crippen LogP contribution < -0.4 is 5.73 Å². The monoisotopic (exact) mass is 315 g/mol. The number of hydrogen-bond donors (Lipinski definition) is 1. The average molecular weight is 317 g/mol. The van der Waals surface area contributed by atoms with E-state index in [1.165, 1.54) is 5.56 Å². The first-order valence-electron chi connectivity index (χ1n) is 5.65. The van der Waals surface area contributed by atoms with Crippen LogP contribution in [-0.4, -0.2) is 23.9 Å². The van der Waals surface area contributed by atoms with Gasteiger partial charge in [-0.15, -0.1) is 0 Å². The summed E-state index contributed by atoms with van der Waals surface area (Å²) in [6.45, 7) is 3.79. The minimum absolute atomic E-state index is 0.239. The lowest BCUT2D eigenvalue weighted by molar-refractivity contribution is 0.347. The first-order valence-corrected chi connectivity index (χ1v) is 6.82. The zero-order chi connectivity index (χ0) is 12.4. The van der Waals surface area contributed by atoms with Crippen molar-refractivity contribution < 1.29 is 0 Å². The molecule has 17 heavy (non-hydrogen) atoms. The molecule has 1 aliphatic heterocycles. The highest BCUT2D eigenvalue weighted by molar-refractivity contribution is 9.10. The number of benzene rings is 1. The van der Waals surface area contributed by atoms with E-state index in [4.69, 9.17) is 17.3 Å². The summed E-state index contributed by atoms with van der Waals surface area (Å²) in [7, 11) is 0. The quantitative estimate of drug-likeness (QED) is 0.930. The van der Waals surface area contributed by atoms with E-state index in [0.29, 0.717) is 5.96 Å². The van der Waals surface area contributed by atoms with Gasteiger partial charge in [-0.2, -0.15) is 0 Å². The average Bonchev–Trinajstić information content (AvgIpc) is 2.66. The van der Waals surface area contributed by atoms with Crippen LogP contribution in [0.3, 0.4) is 0 Å². The second kappa shape index (κ2) is 5.27. The molecular weight excluding hydrogens is 302 g/mol. The van der Waals surface area contributed by atoms with Crippen molar-refractivity contribution in [1.82, 2.24) is 4.90 Å². The van der Waals surface area contributed by atoms with Gasteiger partial charge in [-0.25, -0.2) is 0 Å². The maximum Gasteiger partial charge on any atom is 0.191 e. The highest BCUT2D eigenvalue weighted by atomic mass is 79.9. The molecule has 1 aliphatic rings. The summed E-state index contributed by atoms with van der Waals surface area (Å²) in [5.41, 5.74) is 7.09. The Morgan fingerprint density at radius 1 is 1.59 bits per heavy atom. The lowest BCUT2D eigenvalue weighted by atomic mass is 10.1. The molecule has 0 amide bonds. The third-order valence-electron chi connectivity index (χ3n) is 2.89. The maximum atomic E-state index is 6.00. The number of guanidine groups is 1. The van der Waals surface area contributed by atoms with Crippen molar-refractivity contribution in [3.63, 3.8) is 0 Å². The van der Waals surface area contributed by atoms with E-state index in [1.54, 1.807) is 0 Å². The second-order valence-electron chi connectivity index (χ2n) is 4.08. The maximum absolute atomic E-state index is 6.00. The molecule has 1 unspecified atom stereocenters. The molecule has 0 spiro atoms. The van der Waals surface area contributed by atoms with Gasteiger partial charge >= 0.3 is 0 Å². The van der Waals surface area contributed by atoms with E-state index in [1.807, 2.05) is 18.2 Å². The van der Waals surface area contributed by atoms with Gasteiger partial charge < -0.3 is 10.6 Å². The molecule has 0 radical (unpaired) electrons. The Hall–Kier alpha value is -0.740. The van der Waals surface area contributed by atoms with Crippen molar-refractivity contribution in [1.29, 1.82) is 0 Å². The van der Waals surface area contributed by atoms with E-state index in [9.17, 15) is 0 Å². The third kappa shape index (κ3) is 2.58. The zero-order valence-corrected chi connectivity index (χ0v) is 12.0. The Labute approximate surface area is 115 Å². The molecule has 1 aromatic carbocycles. The third-order valence-corrected chi connectivity index (χ3v) is 4.10. The first kappa shape index (κ1) is 12.7. The summed E-state index contributed by atoms with van der Waals surface area (Å²) >= 11 is 9.45. The van der Waals surface area contributed by atoms with Gasteiger partial charge in [-0.05, 0) is 40.0 Å². The Morgan fingerprint density at radius 2 is 2.35 bits per heavy atom. The number of nitrogens with two attached hydrogens (primary N) is 1. The largest absolute Gasteiger partial charge is 0.370 e. The molecule has 0 aliphatic carbocycles. The van der Waals surface area contributed by atoms with Gasteiger partial charge in [0.1, 0.15) is 0 Å². The van der Waals surface area contributed by atoms with Gasteiger partial charge in [-0.3, -0.25) is 4.99 Å². The normalized spacial score (nSPS) is 19.6. The molecular formula is C12H15BrClN3. The number of nitrogens with zero attached hydrogens (tertiary/aromatic N) is 2. The van der Waals surface area contributed by atoms with Gasteiger partial charge in [0, 0.05) is 11.0 Å². The molecule has 0 fully saturated rings. The van der Waals surface area contributed by atoms with Crippen molar-refractivity contribution in [3.8, 4) is 0 Å². The predicted molar refractivity (Wildman–Crippen MR) is 75.4 cm³/mol. The van der Waals surface area contributed by atoms with Crippen molar-refractivity contribution in [2.75, 3.05) is 13.1 Å². The lowest BCUT2D eigenvalue weighted by Crippen LogP contribution is -2.36. The molecule has 1 aromatic rings. The van der Waals surface area contributed by atoms with Gasteiger partial charge in [-0.1, -0.05) is 24.6 Å². The summed E-state index contributed by atoms with van der Waals surface area (Å²) in [4.78, 5) is 6.47. The number of hydrogen-bond acceptors (Lipinski definition) is 3. The highest BCUT2D eigenvalue weighted by Gasteiger charge is 2.26. The summed E-state index contributed by atoms with van der Waals surface area (Å²) in [5, 5.41) is 0.725. The van der Waals surface area contributed by atoms with E-state index in [0.717, 1.165) is 29.0 Å². The molecule has 0 saturated heterocycles. The Balaban J connectivity index is 2.25. The fourth-order valence-electron chi connectivity index (χ4n) is 2.05. The van der Waals surface area contributed by atoms with Gasteiger partial charge in [0.15, 0.2) is 5.96 Å². The predicted octanol–water partition coefficient (Wildman–Crippen LogP) is 3.18. The summed E-state index contributed by atoms with van der Waals surface area (Å²) in [6, 6.07) is 6.22. The molecule has 2 rings (SSSR count). The lowest BCUT2D eigenvalue weighted by Gasteiger charge is -2.26. The van der Waals surface area contributed by atoms with Crippen LogP contribution in [0.2, 0.25) is 5.02 Å². The van der Waals surface area contributed by atoms with Crippen molar-refractivity contribution in [2.24, 2.45) is 10.7 Å². The van der Waals surface area contributed by atoms with Crippen LogP contribution >= 0.6 is 27.5 Å². The van der Waals surface area contributed by atoms with Crippen LogP contribution in [0.5, 0.6) is 0 Å². The molecule has 5 heteroatoms. The van der Waals surface area contributed by atoms with Crippen LogP contribution in [0.25, 0.3) is 0 Å². The van der Waals surface area contributed by atoms with E-state index in [-0.39, 0.29) is 6.04 Å². The van der Waals surface area contributed by atoms with Gasteiger partial charge in [0.25, 0.3) is 0 Å². The Kier molecular flexibility index (Phi) is 3.94. The van der Waals surface area contributed by atoms with Crippen LogP contribution in [0.1, 0.15) is 24.9 Å². The Bertz CT molecular complexity index is 447. The SMILES string of the molecule is CCCN1C(N)=NCC1c1ccc(Cl)c(Br)c1. The minimum atomic E-state index is 0.239. The summed E-state index contributed by atoms with van der Waals surface area (Å²) < 4.78 is 0.915. The van der Waals surface area contributed by atoms with Crippen LogP contribution in [0.4, 0.5) is 0 Å². The van der Waals surface area contributed by atoms with Crippen LogP contribution in [0.15, 0.2) is 27.7 Å². The van der Waals surface area contributed by atoms with E-state index < -0.39 is 0 Å². The topological polar surface area (TPSA) is 41.6 Å². The molecule has 1 heterocycles. The molecule has 1 atom stereocenters. The number of halogens is 2. The Morgan fingerprint density at radius 3 is 3.00 bits per heavy atom. The summed E-state index contributed by atoms with van der Waals surface area (Å²) in [5.74, 6) is 0.642. The summed E-state index contributed by atoms with van der Waals surface area (Å²) in [6.07, 6.45) is 1.06. The van der Waals surface area contributed by atoms with Crippen LogP contribution in [0, 0.1) is 0 Å². The van der Waals surface area contributed by atoms with E-state index in [2.05, 4.69) is 32.7 Å². The fourth-order valence-corrected chi connectivity index (χ4v) is 2.56. The molecule has 0 bridgehead atoms. The van der Waals surface area contributed by atoms with Crippen molar-refractivity contribution in [2.45, 2.75) is 19.4 Å². The van der Waals surface area contributed by atoms with E-state index >= 15 is 0 Å². The molecule has 0 saturated carbocycles. The molecule has 0 aromatic heterocycles. The van der Waals surface area contributed by atoms with Gasteiger partial charge in [0.2, 0.25) is 0 Å². The number of aliphatic imine (C=N–C) groups is 1. The fraction of sp³-hybridized carbons (Fsp3) is 0.417. The smallest absolute Gasteiger partial charge is 0.191 e. The van der Waals surface area contributed by atoms with Crippen molar-refractivity contribution in [3.05, 3.63) is 33.3 Å². The molecule has 2 N–H and O–H groups in total. The second-order valence-corrected chi connectivity index (χ2v) is 5.34. The first-order chi connectivity index (χ1) is 8.13. The standard InChI is InChI=1S/C12H15BrClN3/c1-2-5-17-11(7-16-12(17)15)8-3-4-10(14)9(13)6-8/h3-4,6,11H,2,5,7H2,1H3,(H2,15,16). The molecule has 3 nitrogen and oxygen atoms in total. The minimum Gasteiger partial charge on any atom is -0.370 e. The zero-order valence-electron chi connectivity index (χ0n) is 9.66.